The SMILES string of the molecule is CC(C)(C)c1ccc(-c2nn(-c3ccccc3)c3nc(-c4ccc(Cl)cc4Cl)cc(C(F)(F)F)c23)cc1. The first kappa shape index (κ1) is 25.3. The Hall–Kier alpha value is -3.35. The highest BCUT2D eigenvalue weighted by Gasteiger charge is 2.37. The van der Waals surface area contributed by atoms with Gasteiger partial charge in [0.25, 0.3) is 0 Å². The van der Waals surface area contributed by atoms with Crippen LogP contribution >= 0.6 is 23.2 Å². The third kappa shape index (κ3) is 4.83. The molecule has 188 valence electrons. The molecule has 3 nitrogen and oxygen atoms in total. The molecule has 5 rings (SSSR count). The van der Waals surface area contributed by atoms with Gasteiger partial charge in [0, 0.05) is 16.1 Å². The van der Waals surface area contributed by atoms with Crippen molar-refractivity contribution in [3.8, 4) is 28.2 Å². The van der Waals surface area contributed by atoms with Crippen LogP contribution in [0.25, 0.3) is 39.2 Å². The van der Waals surface area contributed by atoms with Crippen molar-refractivity contribution in [2.24, 2.45) is 0 Å². The molecular formula is C29H22Cl2F3N3. The van der Waals surface area contributed by atoms with E-state index >= 15 is 0 Å². The number of alkyl halides is 3. The number of benzene rings is 3. The fourth-order valence-electron chi connectivity index (χ4n) is 4.25. The van der Waals surface area contributed by atoms with Crippen molar-refractivity contribution in [3.05, 3.63) is 100 Å². The molecular weight excluding hydrogens is 518 g/mol. The van der Waals surface area contributed by atoms with Gasteiger partial charge < -0.3 is 0 Å². The molecule has 0 N–H and O–H groups in total. The lowest BCUT2D eigenvalue weighted by molar-refractivity contribution is -0.136. The van der Waals surface area contributed by atoms with E-state index in [1.807, 2.05) is 30.3 Å². The van der Waals surface area contributed by atoms with Crippen LogP contribution in [-0.2, 0) is 11.6 Å². The van der Waals surface area contributed by atoms with Gasteiger partial charge in [0.1, 0.15) is 5.69 Å². The number of rotatable bonds is 3. The summed E-state index contributed by atoms with van der Waals surface area (Å²) in [6.45, 7) is 6.24. The van der Waals surface area contributed by atoms with Gasteiger partial charge >= 0.3 is 6.18 Å². The Bertz CT molecular complexity index is 1600. The van der Waals surface area contributed by atoms with E-state index < -0.39 is 11.7 Å². The molecule has 0 saturated heterocycles. The number of fused-ring (bicyclic) bond motifs is 1. The Balaban J connectivity index is 1.85. The molecule has 3 aromatic carbocycles. The Labute approximate surface area is 222 Å². The van der Waals surface area contributed by atoms with Crippen LogP contribution in [0.2, 0.25) is 10.0 Å². The number of aromatic nitrogens is 3. The number of halogens is 5. The first-order chi connectivity index (χ1) is 17.4. The second kappa shape index (κ2) is 9.19. The van der Waals surface area contributed by atoms with Crippen LogP contribution in [0.5, 0.6) is 0 Å². The van der Waals surface area contributed by atoms with Gasteiger partial charge in [-0.25, -0.2) is 9.67 Å². The minimum atomic E-state index is -4.67. The normalized spacial score (nSPS) is 12.3. The lowest BCUT2D eigenvalue weighted by Crippen LogP contribution is -2.10. The second-order valence-electron chi connectivity index (χ2n) is 9.80. The molecule has 0 amide bonds. The number of para-hydroxylation sites is 1. The van der Waals surface area contributed by atoms with Crippen molar-refractivity contribution in [2.45, 2.75) is 32.4 Å². The molecule has 8 heteroatoms. The average Bonchev–Trinajstić information content (AvgIpc) is 3.22. The maximum absolute atomic E-state index is 14.6. The van der Waals surface area contributed by atoms with E-state index in [4.69, 9.17) is 23.2 Å². The summed E-state index contributed by atoms with van der Waals surface area (Å²) >= 11 is 12.4. The fourth-order valence-corrected chi connectivity index (χ4v) is 4.76. The zero-order valence-electron chi connectivity index (χ0n) is 20.2. The number of pyridine rings is 1. The Morgan fingerprint density at radius 2 is 1.49 bits per heavy atom. The van der Waals surface area contributed by atoms with Gasteiger partial charge in [0.05, 0.1) is 27.4 Å². The maximum atomic E-state index is 14.6. The van der Waals surface area contributed by atoms with E-state index in [-0.39, 0.29) is 32.9 Å². The molecule has 0 aliphatic carbocycles. The summed E-state index contributed by atoms with van der Waals surface area (Å²) in [7, 11) is 0. The van der Waals surface area contributed by atoms with Gasteiger partial charge in [-0.05, 0) is 47.4 Å². The summed E-state index contributed by atoms with van der Waals surface area (Å²) < 4.78 is 45.2. The lowest BCUT2D eigenvalue weighted by atomic mass is 9.86. The van der Waals surface area contributed by atoms with Gasteiger partial charge in [-0.15, -0.1) is 0 Å². The largest absolute Gasteiger partial charge is 0.417 e. The summed E-state index contributed by atoms with van der Waals surface area (Å²) in [5.41, 5.74) is 1.98. The molecule has 0 saturated carbocycles. The molecule has 37 heavy (non-hydrogen) atoms. The van der Waals surface area contributed by atoms with E-state index in [0.29, 0.717) is 21.8 Å². The van der Waals surface area contributed by atoms with Crippen molar-refractivity contribution in [2.75, 3.05) is 0 Å². The Morgan fingerprint density at radius 1 is 0.811 bits per heavy atom. The molecule has 0 fully saturated rings. The van der Waals surface area contributed by atoms with Crippen molar-refractivity contribution in [3.63, 3.8) is 0 Å². The summed E-state index contributed by atoms with van der Waals surface area (Å²) in [6.07, 6.45) is -4.67. The monoisotopic (exact) mass is 539 g/mol. The van der Waals surface area contributed by atoms with Gasteiger partial charge in [-0.2, -0.15) is 18.3 Å². The standard InChI is InChI=1S/C29H22Cl2F3N3/c1-28(2,3)18-11-9-17(10-12-18)26-25-22(29(32,33)34)16-24(21-14-13-19(30)15-23(21)31)35-27(25)37(36-26)20-7-5-4-6-8-20/h4-16H,1-3H3. The fraction of sp³-hybridized carbons (Fsp3) is 0.172. The highest BCUT2D eigenvalue weighted by molar-refractivity contribution is 6.36. The highest BCUT2D eigenvalue weighted by atomic mass is 35.5. The molecule has 0 atom stereocenters. The number of nitrogens with zero attached hydrogens (tertiary/aromatic N) is 3. The summed E-state index contributed by atoms with van der Waals surface area (Å²) in [5, 5.41) is 5.17. The zero-order valence-corrected chi connectivity index (χ0v) is 21.7. The zero-order chi connectivity index (χ0) is 26.5. The third-order valence-corrected chi connectivity index (χ3v) is 6.72. The van der Waals surface area contributed by atoms with Crippen molar-refractivity contribution in [1.29, 1.82) is 0 Å². The van der Waals surface area contributed by atoms with E-state index in [1.165, 1.54) is 10.7 Å². The number of hydrogen-bond donors (Lipinski definition) is 0. The van der Waals surface area contributed by atoms with Gasteiger partial charge in [0.15, 0.2) is 5.65 Å². The van der Waals surface area contributed by atoms with Crippen LogP contribution in [0.3, 0.4) is 0 Å². The molecule has 2 heterocycles. The molecule has 5 aromatic rings. The number of hydrogen-bond acceptors (Lipinski definition) is 2. The second-order valence-corrected chi connectivity index (χ2v) is 10.6. The van der Waals surface area contributed by atoms with Crippen molar-refractivity contribution in [1.82, 2.24) is 14.8 Å². The highest BCUT2D eigenvalue weighted by Crippen LogP contribution is 2.42. The Morgan fingerprint density at radius 3 is 2.08 bits per heavy atom. The van der Waals surface area contributed by atoms with Gasteiger partial charge in [-0.1, -0.05) is 86.4 Å². The minimum absolute atomic E-state index is 0.0753. The van der Waals surface area contributed by atoms with Crippen LogP contribution in [-0.4, -0.2) is 14.8 Å². The average molecular weight is 540 g/mol. The predicted molar refractivity (Wildman–Crippen MR) is 143 cm³/mol. The van der Waals surface area contributed by atoms with E-state index in [2.05, 4.69) is 30.9 Å². The van der Waals surface area contributed by atoms with Gasteiger partial charge in [0.2, 0.25) is 0 Å². The van der Waals surface area contributed by atoms with Crippen LogP contribution in [0.4, 0.5) is 13.2 Å². The molecule has 0 aliphatic rings. The minimum Gasteiger partial charge on any atom is -0.228 e. The third-order valence-electron chi connectivity index (χ3n) is 6.18. The molecule has 0 radical (unpaired) electrons. The predicted octanol–water partition coefficient (Wildman–Crippen LogP) is 9.38. The first-order valence-corrected chi connectivity index (χ1v) is 12.3. The van der Waals surface area contributed by atoms with Crippen LogP contribution in [0.15, 0.2) is 78.9 Å². The first-order valence-electron chi connectivity index (χ1n) is 11.6. The van der Waals surface area contributed by atoms with Crippen LogP contribution < -0.4 is 0 Å². The summed E-state index contributed by atoms with van der Waals surface area (Å²) in [4.78, 5) is 4.66. The molecule has 0 bridgehead atoms. The van der Waals surface area contributed by atoms with Crippen LogP contribution in [0.1, 0.15) is 31.9 Å². The Kier molecular flexibility index (Phi) is 6.29. The van der Waals surface area contributed by atoms with Crippen LogP contribution in [0, 0.1) is 0 Å². The topological polar surface area (TPSA) is 30.7 Å². The van der Waals surface area contributed by atoms with Gasteiger partial charge in [-0.3, -0.25) is 0 Å². The van der Waals surface area contributed by atoms with E-state index in [0.717, 1.165) is 11.6 Å². The molecule has 0 unspecified atom stereocenters. The quantitative estimate of drug-likeness (QED) is 0.228. The van der Waals surface area contributed by atoms with Crippen molar-refractivity contribution < 1.29 is 13.2 Å². The van der Waals surface area contributed by atoms with E-state index in [1.54, 1.807) is 36.4 Å². The smallest absolute Gasteiger partial charge is 0.228 e. The maximum Gasteiger partial charge on any atom is 0.417 e. The van der Waals surface area contributed by atoms with E-state index in [9.17, 15) is 13.2 Å². The van der Waals surface area contributed by atoms with Crippen molar-refractivity contribution >= 4 is 34.2 Å². The molecule has 2 aromatic heterocycles. The lowest BCUT2D eigenvalue weighted by Gasteiger charge is -2.19. The summed E-state index contributed by atoms with van der Waals surface area (Å²) in [5.74, 6) is 0. The summed E-state index contributed by atoms with van der Waals surface area (Å²) in [6, 6.07) is 22.1. The molecule has 0 spiro atoms. The molecule has 0 aliphatic heterocycles.